The van der Waals surface area contributed by atoms with Crippen LogP contribution < -0.4 is 5.32 Å². The van der Waals surface area contributed by atoms with Crippen molar-refractivity contribution in [2.75, 3.05) is 19.8 Å². The monoisotopic (exact) mass is 243 g/mol. The zero-order valence-electron chi connectivity index (χ0n) is 9.90. The third-order valence-corrected chi connectivity index (χ3v) is 2.22. The smallest absolute Gasteiger partial charge is 0.394 e. The Morgan fingerprint density at radius 2 is 1.94 bits per heavy atom. The van der Waals surface area contributed by atoms with Crippen LogP contribution in [0.4, 0.5) is 13.2 Å². The Kier molecular flexibility index (Phi) is 6.28. The average Bonchev–Trinajstić information content (AvgIpc) is 2.14. The Hall–Kier alpha value is -0.330. The van der Waals surface area contributed by atoms with Crippen LogP contribution in [-0.4, -0.2) is 42.7 Å². The summed E-state index contributed by atoms with van der Waals surface area (Å²) in [6.45, 7) is 4.45. The van der Waals surface area contributed by atoms with Crippen molar-refractivity contribution in [1.82, 2.24) is 5.32 Å². The zero-order valence-corrected chi connectivity index (χ0v) is 9.90. The average molecular weight is 243 g/mol. The number of rotatable bonds is 7. The molecule has 0 heterocycles. The quantitative estimate of drug-likeness (QED) is 0.715. The van der Waals surface area contributed by atoms with E-state index < -0.39 is 24.4 Å². The molecule has 2 unspecified atom stereocenters. The molecule has 0 bridgehead atoms. The van der Waals surface area contributed by atoms with Gasteiger partial charge in [0.2, 0.25) is 0 Å². The van der Waals surface area contributed by atoms with Crippen LogP contribution in [0, 0.1) is 0 Å². The Bertz CT molecular complexity index is 199. The molecule has 0 rings (SSSR count). The minimum atomic E-state index is -4.30. The summed E-state index contributed by atoms with van der Waals surface area (Å²) in [6, 6.07) is 0. The van der Waals surface area contributed by atoms with Crippen molar-refractivity contribution < 1.29 is 23.0 Å². The first-order chi connectivity index (χ1) is 7.22. The van der Waals surface area contributed by atoms with Crippen LogP contribution in [0.1, 0.15) is 27.2 Å². The Morgan fingerprint density at radius 3 is 2.31 bits per heavy atom. The molecule has 3 nitrogen and oxygen atoms in total. The molecule has 0 saturated heterocycles. The minimum absolute atomic E-state index is 0.138. The van der Waals surface area contributed by atoms with Gasteiger partial charge in [0.25, 0.3) is 0 Å². The molecule has 2 atom stereocenters. The van der Waals surface area contributed by atoms with Gasteiger partial charge >= 0.3 is 6.18 Å². The van der Waals surface area contributed by atoms with Gasteiger partial charge in [-0.1, -0.05) is 6.92 Å². The van der Waals surface area contributed by atoms with Gasteiger partial charge < -0.3 is 15.2 Å². The van der Waals surface area contributed by atoms with E-state index in [1.807, 2.05) is 6.92 Å². The highest BCUT2D eigenvalue weighted by atomic mass is 19.4. The fraction of sp³-hybridized carbons (Fsp3) is 1.00. The number of halogens is 3. The molecule has 0 spiro atoms. The lowest BCUT2D eigenvalue weighted by Crippen LogP contribution is -2.48. The lowest BCUT2D eigenvalue weighted by Gasteiger charge is -2.31. The Labute approximate surface area is 94.0 Å². The van der Waals surface area contributed by atoms with Gasteiger partial charge in [-0.05, 0) is 26.8 Å². The fourth-order valence-corrected chi connectivity index (χ4v) is 1.55. The van der Waals surface area contributed by atoms with E-state index in [2.05, 4.69) is 10.1 Å². The SMILES string of the molecule is CCNC(C)(CO)CC(C)OCC(F)(F)F. The maximum absolute atomic E-state index is 11.9. The lowest BCUT2D eigenvalue weighted by molar-refractivity contribution is -0.185. The molecule has 0 fully saturated rings. The molecule has 0 aliphatic rings. The van der Waals surface area contributed by atoms with Crippen LogP contribution in [0.2, 0.25) is 0 Å². The van der Waals surface area contributed by atoms with E-state index >= 15 is 0 Å². The van der Waals surface area contributed by atoms with E-state index in [9.17, 15) is 13.2 Å². The van der Waals surface area contributed by atoms with Gasteiger partial charge in [-0.3, -0.25) is 0 Å². The minimum Gasteiger partial charge on any atom is -0.394 e. The van der Waals surface area contributed by atoms with E-state index in [1.165, 1.54) is 0 Å². The number of ether oxygens (including phenoxy) is 1. The van der Waals surface area contributed by atoms with Crippen molar-refractivity contribution >= 4 is 0 Å². The molecule has 2 N–H and O–H groups in total. The number of hydrogen-bond donors (Lipinski definition) is 2. The van der Waals surface area contributed by atoms with Crippen molar-refractivity contribution in [1.29, 1.82) is 0 Å². The topological polar surface area (TPSA) is 41.5 Å². The zero-order chi connectivity index (χ0) is 12.8. The number of aliphatic hydroxyl groups excluding tert-OH is 1. The van der Waals surface area contributed by atoms with Gasteiger partial charge in [-0.15, -0.1) is 0 Å². The Morgan fingerprint density at radius 1 is 1.38 bits per heavy atom. The molecule has 6 heteroatoms. The molecule has 0 radical (unpaired) electrons. The third-order valence-electron chi connectivity index (χ3n) is 2.22. The highest BCUT2D eigenvalue weighted by molar-refractivity contribution is 4.84. The summed E-state index contributed by atoms with van der Waals surface area (Å²) in [5, 5.41) is 12.2. The van der Waals surface area contributed by atoms with Crippen LogP contribution >= 0.6 is 0 Å². The number of likely N-dealkylation sites (N-methyl/N-ethyl adjacent to an activating group) is 1. The maximum Gasteiger partial charge on any atom is 0.411 e. The van der Waals surface area contributed by atoms with Gasteiger partial charge in [-0.25, -0.2) is 0 Å². The van der Waals surface area contributed by atoms with Crippen LogP contribution in [0.15, 0.2) is 0 Å². The molecule has 0 amide bonds. The standard InChI is InChI=1S/C10H20F3NO2/c1-4-14-9(3,6-15)5-8(2)16-7-10(11,12)13/h8,14-15H,4-7H2,1-3H3. The summed E-state index contributed by atoms with van der Waals surface area (Å²) in [6.07, 6.45) is -4.53. The highest BCUT2D eigenvalue weighted by Crippen LogP contribution is 2.19. The van der Waals surface area contributed by atoms with Crippen LogP contribution in [0.5, 0.6) is 0 Å². The first-order valence-corrected chi connectivity index (χ1v) is 5.26. The summed E-state index contributed by atoms with van der Waals surface area (Å²) in [5.74, 6) is 0. The molecule has 98 valence electrons. The predicted molar refractivity (Wildman–Crippen MR) is 55.3 cm³/mol. The molecule has 0 aliphatic carbocycles. The summed E-state index contributed by atoms with van der Waals surface area (Å²) >= 11 is 0. The summed E-state index contributed by atoms with van der Waals surface area (Å²) in [7, 11) is 0. The molecule has 0 aromatic heterocycles. The predicted octanol–water partition coefficient (Wildman–Crippen LogP) is 1.70. The van der Waals surface area contributed by atoms with Gasteiger partial charge in [0.15, 0.2) is 0 Å². The van der Waals surface area contributed by atoms with Crippen molar-refractivity contribution in [3.63, 3.8) is 0 Å². The second kappa shape index (κ2) is 6.42. The Balaban J connectivity index is 4.05. The number of nitrogens with one attached hydrogen (secondary N) is 1. The van der Waals surface area contributed by atoms with E-state index in [0.717, 1.165) is 0 Å². The second-order valence-corrected chi connectivity index (χ2v) is 4.19. The lowest BCUT2D eigenvalue weighted by atomic mass is 9.96. The van der Waals surface area contributed by atoms with Gasteiger partial charge in [0.1, 0.15) is 6.61 Å². The summed E-state index contributed by atoms with van der Waals surface area (Å²) in [4.78, 5) is 0. The third kappa shape index (κ3) is 7.03. The maximum atomic E-state index is 11.9. The van der Waals surface area contributed by atoms with Crippen molar-refractivity contribution in [2.45, 2.75) is 45.0 Å². The van der Waals surface area contributed by atoms with Crippen molar-refractivity contribution in [2.24, 2.45) is 0 Å². The highest BCUT2D eigenvalue weighted by Gasteiger charge is 2.31. The first kappa shape index (κ1) is 15.7. The largest absolute Gasteiger partial charge is 0.411 e. The van der Waals surface area contributed by atoms with Gasteiger partial charge in [0, 0.05) is 5.54 Å². The number of alkyl halides is 3. The van der Waals surface area contributed by atoms with Crippen LogP contribution in [0.3, 0.4) is 0 Å². The first-order valence-electron chi connectivity index (χ1n) is 5.26. The van der Waals surface area contributed by atoms with Gasteiger partial charge in [-0.2, -0.15) is 13.2 Å². The molecular weight excluding hydrogens is 223 g/mol. The fourth-order valence-electron chi connectivity index (χ4n) is 1.55. The van der Waals surface area contributed by atoms with E-state index in [-0.39, 0.29) is 6.61 Å². The molecule has 0 aromatic carbocycles. The number of hydrogen-bond acceptors (Lipinski definition) is 3. The van der Waals surface area contributed by atoms with E-state index in [1.54, 1.807) is 13.8 Å². The van der Waals surface area contributed by atoms with E-state index in [4.69, 9.17) is 5.11 Å². The summed E-state index contributed by atoms with van der Waals surface area (Å²) in [5.41, 5.74) is -0.597. The summed E-state index contributed by atoms with van der Waals surface area (Å²) < 4.78 is 40.3. The van der Waals surface area contributed by atoms with Crippen LogP contribution in [-0.2, 0) is 4.74 Å². The molecule has 0 saturated carbocycles. The molecule has 0 aromatic rings. The molecular formula is C10H20F3NO2. The van der Waals surface area contributed by atoms with Crippen molar-refractivity contribution in [3.05, 3.63) is 0 Å². The second-order valence-electron chi connectivity index (χ2n) is 4.19. The van der Waals surface area contributed by atoms with Crippen molar-refractivity contribution in [3.8, 4) is 0 Å². The van der Waals surface area contributed by atoms with Crippen LogP contribution in [0.25, 0.3) is 0 Å². The molecule has 16 heavy (non-hydrogen) atoms. The molecule has 0 aliphatic heterocycles. The van der Waals surface area contributed by atoms with Gasteiger partial charge in [0.05, 0.1) is 12.7 Å². The normalized spacial score (nSPS) is 18.2. The number of aliphatic hydroxyl groups is 1. The van der Waals surface area contributed by atoms with E-state index in [0.29, 0.717) is 13.0 Å².